The maximum Gasteiger partial charge on any atom is 0.436 e. The van der Waals surface area contributed by atoms with Gasteiger partial charge in [-0.15, -0.1) is 0 Å². The van der Waals surface area contributed by atoms with Gasteiger partial charge in [-0.2, -0.15) is 23.4 Å². The summed E-state index contributed by atoms with van der Waals surface area (Å²) in [5, 5.41) is 10.3. The topological polar surface area (TPSA) is 64.7 Å². The van der Waals surface area contributed by atoms with Crippen LogP contribution < -0.4 is 5.32 Å². The molecule has 0 aliphatic rings. The van der Waals surface area contributed by atoms with Crippen molar-refractivity contribution in [2.45, 2.75) is 32.6 Å². The summed E-state index contributed by atoms with van der Waals surface area (Å²) < 4.78 is 41.6. The third kappa shape index (κ3) is 4.73. The minimum Gasteiger partial charge on any atom is -0.324 e. The lowest BCUT2D eigenvalue weighted by Gasteiger charge is -2.15. The van der Waals surface area contributed by atoms with Crippen molar-refractivity contribution in [3.05, 3.63) is 63.7 Å². The van der Waals surface area contributed by atoms with Gasteiger partial charge in [-0.05, 0) is 31.5 Å². The molecule has 2 aromatic heterocycles. The highest BCUT2D eigenvalue weighted by molar-refractivity contribution is 6.32. The van der Waals surface area contributed by atoms with Gasteiger partial charge >= 0.3 is 6.18 Å². The molecule has 1 N–H and O–H groups in total. The van der Waals surface area contributed by atoms with Crippen LogP contribution in [-0.2, 0) is 17.5 Å². The van der Waals surface area contributed by atoms with Gasteiger partial charge in [0.15, 0.2) is 5.69 Å². The Morgan fingerprint density at radius 2 is 2.03 bits per heavy atom. The monoisotopic (exact) mass is 445 g/mol. The van der Waals surface area contributed by atoms with E-state index < -0.39 is 28.8 Å². The molecular weight excluding hydrogens is 430 g/mol. The van der Waals surface area contributed by atoms with Gasteiger partial charge in [0.05, 0.1) is 28.5 Å². The maximum atomic E-state index is 13.0. The summed E-state index contributed by atoms with van der Waals surface area (Å²) in [5.74, 6) is -0.528. The molecule has 29 heavy (non-hydrogen) atoms. The molecule has 0 aliphatic heterocycles. The minimum absolute atomic E-state index is 0.0611. The lowest BCUT2D eigenvalue weighted by atomic mass is 10.2. The first-order chi connectivity index (χ1) is 13.6. The predicted octanol–water partition coefficient (Wildman–Crippen LogP) is 4.96. The Hall–Kier alpha value is -2.52. The smallest absolute Gasteiger partial charge is 0.324 e. The van der Waals surface area contributed by atoms with Crippen molar-refractivity contribution < 1.29 is 18.0 Å². The number of amides is 1. The lowest BCUT2D eigenvalue weighted by molar-refractivity contribution is -0.141. The normalized spacial score (nSPS) is 12.8. The minimum atomic E-state index is -4.70. The van der Waals surface area contributed by atoms with Crippen LogP contribution >= 0.6 is 23.2 Å². The van der Waals surface area contributed by atoms with Gasteiger partial charge in [0.25, 0.3) is 0 Å². The highest BCUT2D eigenvalue weighted by Crippen LogP contribution is 2.36. The first kappa shape index (κ1) is 21.2. The number of nitrogens with zero attached hydrogens (tertiary/aromatic N) is 4. The SMILES string of the molecule is Cc1c(Cl)c(C(F)(F)F)nn1C(C)C(=O)Nc1cccc(Cn2cc(Cl)cn2)c1. The van der Waals surface area contributed by atoms with Crippen molar-refractivity contribution in [1.29, 1.82) is 0 Å². The van der Waals surface area contributed by atoms with Crippen LogP contribution in [-0.4, -0.2) is 25.5 Å². The number of carbonyl (C=O) groups is 1. The zero-order chi connectivity index (χ0) is 21.3. The number of nitrogens with one attached hydrogen (secondary N) is 1. The van der Waals surface area contributed by atoms with Crippen LogP contribution in [0, 0.1) is 6.92 Å². The number of halogens is 5. The number of alkyl halides is 3. The molecule has 3 aromatic rings. The van der Waals surface area contributed by atoms with Crippen LogP contribution in [0.3, 0.4) is 0 Å². The van der Waals surface area contributed by atoms with E-state index in [4.69, 9.17) is 23.2 Å². The number of anilines is 1. The molecule has 3 rings (SSSR count). The number of rotatable bonds is 5. The molecule has 1 atom stereocenters. The average Bonchev–Trinajstić information content (AvgIpc) is 3.18. The second-order valence-electron chi connectivity index (χ2n) is 6.41. The molecule has 2 heterocycles. The van der Waals surface area contributed by atoms with E-state index in [0.29, 0.717) is 17.3 Å². The standard InChI is InChI=1S/C18H16Cl2F3N5O/c1-10-15(20)16(18(21,22)23)26-28(10)11(2)17(29)25-14-5-3-4-12(6-14)8-27-9-13(19)7-24-27/h3-7,9,11H,8H2,1-2H3,(H,25,29). The third-order valence-electron chi connectivity index (χ3n) is 4.23. The Labute approximate surface area is 174 Å². The predicted molar refractivity (Wildman–Crippen MR) is 103 cm³/mol. The number of hydrogen-bond donors (Lipinski definition) is 1. The lowest BCUT2D eigenvalue weighted by Crippen LogP contribution is -2.25. The van der Waals surface area contributed by atoms with Gasteiger partial charge in [0, 0.05) is 11.9 Å². The zero-order valence-corrected chi connectivity index (χ0v) is 16.8. The summed E-state index contributed by atoms with van der Waals surface area (Å²) in [5.41, 5.74) is 0.194. The quantitative estimate of drug-likeness (QED) is 0.603. The van der Waals surface area contributed by atoms with E-state index in [9.17, 15) is 18.0 Å². The van der Waals surface area contributed by atoms with E-state index >= 15 is 0 Å². The molecule has 0 radical (unpaired) electrons. The second kappa shape index (κ2) is 8.08. The second-order valence-corrected chi connectivity index (χ2v) is 7.23. The van der Waals surface area contributed by atoms with Crippen molar-refractivity contribution in [2.75, 3.05) is 5.32 Å². The van der Waals surface area contributed by atoms with Crippen LogP contribution in [0.2, 0.25) is 10.0 Å². The van der Waals surface area contributed by atoms with E-state index in [1.165, 1.54) is 20.0 Å². The molecule has 0 fully saturated rings. The first-order valence-electron chi connectivity index (χ1n) is 8.46. The van der Waals surface area contributed by atoms with Crippen molar-refractivity contribution in [1.82, 2.24) is 19.6 Å². The molecule has 6 nitrogen and oxygen atoms in total. The van der Waals surface area contributed by atoms with E-state index in [2.05, 4.69) is 15.5 Å². The first-order valence-corrected chi connectivity index (χ1v) is 9.21. The van der Waals surface area contributed by atoms with Crippen molar-refractivity contribution in [3.63, 3.8) is 0 Å². The van der Waals surface area contributed by atoms with Crippen molar-refractivity contribution in [2.24, 2.45) is 0 Å². The van der Waals surface area contributed by atoms with Crippen LogP contribution in [0.15, 0.2) is 36.7 Å². The fourth-order valence-corrected chi connectivity index (χ4v) is 3.16. The van der Waals surface area contributed by atoms with Gasteiger partial charge < -0.3 is 5.32 Å². The highest BCUT2D eigenvalue weighted by Gasteiger charge is 2.39. The van der Waals surface area contributed by atoms with Crippen molar-refractivity contribution >= 4 is 34.8 Å². The van der Waals surface area contributed by atoms with Gasteiger partial charge in [0.1, 0.15) is 6.04 Å². The van der Waals surface area contributed by atoms with Crippen molar-refractivity contribution in [3.8, 4) is 0 Å². The molecule has 154 valence electrons. The van der Waals surface area contributed by atoms with Gasteiger partial charge in [-0.3, -0.25) is 14.2 Å². The molecule has 0 spiro atoms. The Morgan fingerprint density at radius 1 is 1.31 bits per heavy atom. The largest absolute Gasteiger partial charge is 0.436 e. The fraction of sp³-hybridized carbons (Fsp3) is 0.278. The van der Waals surface area contributed by atoms with E-state index in [0.717, 1.165) is 10.2 Å². The fourth-order valence-electron chi connectivity index (χ4n) is 2.77. The third-order valence-corrected chi connectivity index (χ3v) is 4.88. The maximum absolute atomic E-state index is 13.0. The summed E-state index contributed by atoms with van der Waals surface area (Å²) in [7, 11) is 0. The van der Waals surface area contributed by atoms with Crippen LogP contribution in [0.5, 0.6) is 0 Å². The van der Waals surface area contributed by atoms with Gasteiger partial charge in [0.2, 0.25) is 5.91 Å². The Balaban J connectivity index is 1.76. The summed E-state index contributed by atoms with van der Waals surface area (Å²) in [6.45, 7) is 3.26. The van der Waals surface area contributed by atoms with Gasteiger partial charge in [-0.25, -0.2) is 0 Å². The molecule has 0 aliphatic carbocycles. The van der Waals surface area contributed by atoms with Crippen LogP contribution in [0.1, 0.15) is 29.9 Å². The summed E-state index contributed by atoms with van der Waals surface area (Å²) >= 11 is 11.6. The van der Waals surface area contributed by atoms with E-state index in [-0.39, 0.29) is 5.69 Å². The average molecular weight is 446 g/mol. The summed E-state index contributed by atoms with van der Waals surface area (Å²) in [6, 6.07) is 6.01. The summed E-state index contributed by atoms with van der Waals surface area (Å²) in [6.07, 6.45) is -1.52. The number of aromatic nitrogens is 4. The highest BCUT2D eigenvalue weighted by atomic mass is 35.5. The molecule has 1 unspecified atom stereocenters. The molecule has 0 saturated carbocycles. The Bertz CT molecular complexity index is 1040. The number of benzene rings is 1. The molecule has 1 amide bonds. The van der Waals surface area contributed by atoms with E-state index in [1.807, 2.05) is 6.07 Å². The number of hydrogen-bond acceptors (Lipinski definition) is 3. The van der Waals surface area contributed by atoms with Crippen LogP contribution in [0.4, 0.5) is 18.9 Å². The molecule has 0 bridgehead atoms. The van der Waals surface area contributed by atoms with Gasteiger partial charge in [-0.1, -0.05) is 35.3 Å². The number of carbonyl (C=O) groups excluding carboxylic acids is 1. The zero-order valence-electron chi connectivity index (χ0n) is 15.3. The molecule has 1 aromatic carbocycles. The molecular formula is C18H16Cl2F3N5O. The Morgan fingerprint density at radius 3 is 2.62 bits per heavy atom. The van der Waals surface area contributed by atoms with Crippen LogP contribution in [0.25, 0.3) is 0 Å². The van der Waals surface area contributed by atoms with E-state index in [1.54, 1.807) is 29.1 Å². The molecule has 0 saturated heterocycles. The molecule has 11 heteroatoms. The Kier molecular flexibility index (Phi) is 5.90. The summed E-state index contributed by atoms with van der Waals surface area (Å²) in [4.78, 5) is 12.6.